The quantitative estimate of drug-likeness (QED) is 0.140. The zero-order valence-corrected chi connectivity index (χ0v) is 26.3. The number of benzene rings is 3. The Morgan fingerprint density at radius 3 is 2.28 bits per heavy atom. The number of hydrogen-bond acceptors (Lipinski definition) is 6. The van der Waals surface area contributed by atoms with Crippen molar-refractivity contribution in [3.05, 3.63) is 81.9 Å². The van der Waals surface area contributed by atoms with E-state index in [0.29, 0.717) is 30.0 Å². The third kappa shape index (κ3) is 8.99. The minimum Gasteiger partial charge on any atom is -0.480 e. The summed E-state index contributed by atoms with van der Waals surface area (Å²) in [5, 5.41) is 15.1. The summed E-state index contributed by atoms with van der Waals surface area (Å²) in [4.78, 5) is 43.1. The van der Waals surface area contributed by atoms with E-state index >= 15 is 0 Å². The lowest BCUT2D eigenvalue weighted by Crippen LogP contribution is -2.32. The van der Waals surface area contributed by atoms with Gasteiger partial charge in [-0.05, 0) is 93.0 Å². The molecule has 0 radical (unpaired) electrons. The van der Waals surface area contributed by atoms with Gasteiger partial charge in [-0.1, -0.05) is 55.3 Å². The predicted octanol–water partition coefficient (Wildman–Crippen LogP) is 7.24. The van der Waals surface area contributed by atoms with Crippen molar-refractivity contribution in [3.8, 4) is 5.75 Å². The second kappa shape index (κ2) is 15.5. The zero-order valence-electron chi connectivity index (χ0n) is 25.6. The van der Waals surface area contributed by atoms with Crippen molar-refractivity contribution in [2.24, 2.45) is 4.99 Å². The number of carbonyl (C=O) groups excluding carboxylic acids is 3. The molecule has 0 aromatic heterocycles. The van der Waals surface area contributed by atoms with Crippen molar-refractivity contribution in [1.82, 2.24) is 0 Å². The lowest BCUT2D eigenvalue weighted by Gasteiger charge is -2.19. The van der Waals surface area contributed by atoms with Gasteiger partial charge in [0.25, 0.3) is 11.8 Å². The Balaban J connectivity index is 1.79. The fourth-order valence-corrected chi connectivity index (χ4v) is 4.91. The van der Waals surface area contributed by atoms with Gasteiger partial charge in [-0.2, -0.15) is 0 Å². The molecular weight excluding hydrogens is 566 g/mol. The van der Waals surface area contributed by atoms with E-state index in [0.717, 1.165) is 28.7 Å². The number of aryl methyl sites for hydroxylation is 3. The number of nitrogens with one attached hydrogen (secondary N) is 2. The maximum Gasteiger partial charge on any atom is 0.278 e. The molecule has 3 aromatic rings. The van der Waals surface area contributed by atoms with Crippen molar-refractivity contribution < 1.29 is 24.2 Å². The molecule has 3 rings (SSSR count). The smallest absolute Gasteiger partial charge is 0.278 e. The predicted molar refractivity (Wildman–Crippen MR) is 173 cm³/mol. The largest absolute Gasteiger partial charge is 0.480 e. The van der Waals surface area contributed by atoms with Gasteiger partial charge in [0.1, 0.15) is 5.75 Å². The number of rotatable bonds is 13. The molecule has 2 amide bonds. The first-order chi connectivity index (χ1) is 20.5. The fraction of sp³-hybridized carbons (Fsp3) is 0.353. The van der Waals surface area contributed by atoms with Crippen LogP contribution in [0.1, 0.15) is 68.2 Å². The lowest BCUT2D eigenvalue weighted by atomic mass is 9.92. The van der Waals surface area contributed by atoms with Gasteiger partial charge in [0, 0.05) is 19.2 Å². The number of amides is 2. The third-order valence-corrected chi connectivity index (χ3v) is 7.52. The summed E-state index contributed by atoms with van der Waals surface area (Å²) in [6.07, 6.45) is 1.23. The average molecular weight is 606 g/mol. The first kappa shape index (κ1) is 33.5. The summed E-state index contributed by atoms with van der Waals surface area (Å²) in [5.41, 5.74) is 4.72. The summed E-state index contributed by atoms with van der Waals surface area (Å²) in [5.74, 6) is -0.748. The molecule has 2 unspecified atom stereocenters. The average Bonchev–Trinajstić information content (AvgIpc) is 2.96. The molecule has 0 heterocycles. The topological polar surface area (TPSA) is 117 Å². The normalized spacial score (nSPS) is 12.8. The number of nitrogens with zero attached hydrogens (tertiary/aromatic N) is 1. The van der Waals surface area contributed by atoms with Gasteiger partial charge in [0.05, 0.1) is 16.4 Å². The molecule has 0 saturated heterocycles. The number of Topliss-reactive ketones (excluding diaryl/α,β-unsaturated/α-hetero) is 1. The number of aliphatic hydroxyl groups is 1. The van der Waals surface area contributed by atoms with Crippen LogP contribution in [0.2, 0.25) is 5.02 Å². The van der Waals surface area contributed by atoms with E-state index < -0.39 is 17.8 Å². The van der Waals surface area contributed by atoms with Gasteiger partial charge in [0.2, 0.25) is 0 Å². The molecule has 228 valence electrons. The van der Waals surface area contributed by atoms with E-state index in [1.165, 1.54) is 13.0 Å². The van der Waals surface area contributed by atoms with Crippen LogP contribution in [-0.4, -0.2) is 41.1 Å². The zero-order chi connectivity index (χ0) is 31.7. The third-order valence-electron chi connectivity index (χ3n) is 7.19. The minimum atomic E-state index is -0.738. The van der Waals surface area contributed by atoms with Gasteiger partial charge in [-0.25, -0.2) is 4.99 Å². The van der Waals surface area contributed by atoms with Gasteiger partial charge in [-0.15, -0.1) is 0 Å². The van der Waals surface area contributed by atoms with Crippen LogP contribution >= 0.6 is 11.6 Å². The highest BCUT2D eigenvalue weighted by Crippen LogP contribution is 2.29. The minimum absolute atomic E-state index is 0.0969. The molecule has 3 aromatic carbocycles. The van der Waals surface area contributed by atoms with Crippen LogP contribution in [0.4, 0.5) is 17.1 Å². The fourth-order valence-electron chi connectivity index (χ4n) is 4.74. The number of halogens is 1. The highest BCUT2D eigenvalue weighted by molar-refractivity contribution is 6.67. The molecule has 43 heavy (non-hydrogen) atoms. The maximum atomic E-state index is 13.2. The molecule has 9 heteroatoms. The number of ether oxygens (including phenoxy) is 1. The van der Waals surface area contributed by atoms with Gasteiger partial charge in [-0.3, -0.25) is 14.4 Å². The summed E-state index contributed by atoms with van der Waals surface area (Å²) in [6.45, 7) is 11.1. The van der Waals surface area contributed by atoms with E-state index in [1.54, 1.807) is 18.2 Å². The summed E-state index contributed by atoms with van der Waals surface area (Å²) >= 11 is 6.37. The Morgan fingerprint density at radius 2 is 1.67 bits per heavy atom. The van der Waals surface area contributed by atoms with E-state index in [4.69, 9.17) is 16.3 Å². The van der Waals surface area contributed by atoms with Crippen molar-refractivity contribution in [2.75, 3.05) is 17.2 Å². The van der Waals surface area contributed by atoms with E-state index in [1.807, 2.05) is 58.0 Å². The van der Waals surface area contributed by atoms with Crippen LogP contribution in [0.25, 0.3) is 0 Å². The van der Waals surface area contributed by atoms with E-state index in [2.05, 4.69) is 22.5 Å². The van der Waals surface area contributed by atoms with Crippen molar-refractivity contribution in [2.45, 2.75) is 72.8 Å². The molecule has 0 aliphatic rings. The van der Waals surface area contributed by atoms with Crippen LogP contribution < -0.4 is 15.4 Å². The lowest BCUT2D eigenvalue weighted by molar-refractivity contribution is -0.123. The second-order valence-electron chi connectivity index (χ2n) is 10.6. The standard InChI is InChI=1S/C34H40ClN3O5/c1-7-24(15-16-39)25-10-13-28(21(4)18-25)37-32(23(6)40)34(42)38-29-19-26(11-12-27(29)35)36-33(41)30(8-2)43-31-14-9-20(3)17-22(31)5/h9-14,17-19,24,30,39H,7-8,15-16H2,1-6H3,(H,36,41)(H,38,42). The molecule has 0 aliphatic heterocycles. The SMILES string of the molecule is CCC(Oc1ccc(C)cc1C)C(=O)Nc1ccc(Cl)c(NC(=O)C(=Nc2ccc(C(CC)CCO)cc2C)C(C)=O)c1. The molecular formula is C34H40ClN3O5. The highest BCUT2D eigenvalue weighted by Gasteiger charge is 2.22. The van der Waals surface area contributed by atoms with Crippen molar-refractivity contribution in [3.63, 3.8) is 0 Å². The Bertz CT molecular complexity index is 1520. The van der Waals surface area contributed by atoms with Crippen molar-refractivity contribution >= 4 is 52.0 Å². The first-order valence-corrected chi connectivity index (χ1v) is 14.8. The first-order valence-electron chi connectivity index (χ1n) is 14.4. The van der Waals surface area contributed by atoms with E-state index in [9.17, 15) is 19.5 Å². The maximum absolute atomic E-state index is 13.2. The van der Waals surface area contributed by atoms with Gasteiger partial charge >= 0.3 is 0 Å². The molecule has 0 saturated carbocycles. The van der Waals surface area contributed by atoms with Gasteiger partial charge < -0.3 is 20.5 Å². The number of aliphatic hydroxyl groups excluding tert-OH is 1. The Kier molecular flexibility index (Phi) is 12.0. The summed E-state index contributed by atoms with van der Waals surface area (Å²) in [6, 6.07) is 16.1. The molecule has 0 bridgehead atoms. The summed E-state index contributed by atoms with van der Waals surface area (Å²) < 4.78 is 5.99. The van der Waals surface area contributed by atoms with Crippen LogP contribution in [0.15, 0.2) is 59.6 Å². The van der Waals surface area contributed by atoms with Crippen LogP contribution in [0, 0.1) is 20.8 Å². The monoisotopic (exact) mass is 605 g/mol. The van der Waals surface area contributed by atoms with Crippen LogP contribution in [-0.2, 0) is 14.4 Å². The van der Waals surface area contributed by atoms with Crippen molar-refractivity contribution in [1.29, 1.82) is 0 Å². The molecule has 0 fully saturated rings. The number of carbonyl (C=O) groups is 3. The number of aliphatic imine (C=N–C) groups is 1. The molecule has 3 N–H and O–H groups in total. The van der Waals surface area contributed by atoms with E-state index in [-0.39, 0.29) is 34.9 Å². The molecule has 2 atom stereocenters. The highest BCUT2D eigenvalue weighted by atomic mass is 35.5. The molecule has 0 aliphatic carbocycles. The number of ketones is 1. The van der Waals surface area contributed by atoms with Gasteiger partial charge in [0.15, 0.2) is 17.6 Å². The number of hydrogen-bond donors (Lipinski definition) is 3. The Hall–Kier alpha value is -4.01. The summed E-state index contributed by atoms with van der Waals surface area (Å²) in [7, 11) is 0. The second-order valence-corrected chi connectivity index (χ2v) is 11.0. The number of anilines is 2. The Morgan fingerprint density at radius 1 is 0.930 bits per heavy atom. The molecule has 0 spiro atoms. The molecule has 8 nitrogen and oxygen atoms in total. The Labute approximate surface area is 258 Å². The van der Waals surface area contributed by atoms with Crippen LogP contribution in [0.3, 0.4) is 0 Å². The van der Waals surface area contributed by atoms with Crippen LogP contribution in [0.5, 0.6) is 5.75 Å².